The predicted molar refractivity (Wildman–Crippen MR) is 102 cm³/mol. The Morgan fingerprint density at radius 2 is 1.38 bits per heavy atom. The zero-order chi connectivity index (χ0) is 16.7. The van der Waals surface area contributed by atoms with E-state index in [2.05, 4.69) is 76.7 Å². The Hall–Kier alpha value is 0.130. The van der Waals surface area contributed by atoms with Crippen molar-refractivity contribution in [3.8, 4) is 0 Å². The molecule has 0 bridgehead atoms. The van der Waals surface area contributed by atoms with E-state index in [1.807, 2.05) is 0 Å². The van der Waals surface area contributed by atoms with Gasteiger partial charge in [-0.05, 0) is 30.1 Å². The highest BCUT2D eigenvalue weighted by atomic mass is 14.4. The average Bonchev–Trinajstić information content (AvgIpc) is 2.42. The van der Waals surface area contributed by atoms with E-state index in [1.54, 1.807) is 0 Å². The van der Waals surface area contributed by atoms with E-state index < -0.39 is 0 Å². The van der Waals surface area contributed by atoms with E-state index in [9.17, 15) is 0 Å². The molecule has 0 spiro atoms. The quantitative estimate of drug-likeness (QED) is 0.287. The van der Waals surface area contributed by atoms with Gasteiger partial charge in [0.25, 0.3) is 0 Å². The average molecular weight is 290 g/mol. The van der Waals surface area contributed by atoms with Gasteiger partial charge in [0.15, 0.2) is 0 Å². The molecule has 0 aliphatic heterocycles. The lowest BCUT2D eigenvalue weighted by molar-refractivity contribution is 0.180. The monoisotopic (exact) mass is 290 g/mol. The van der Waals surface area contributed by atoms with Crippen molar-refractivity contribution < 1.29 is 0 Å². The first-order valence-corrected chi connectivity index (χ1v) is 9.16. The molecule has 21 heavy (non-hydrogen) atoms. The van der Waals surface area contributed by atoms with Crippen LogP contribution in [-0.4, -0.2) is 14.6 Å². The maximum atomic E-state index is 2.50. The Labute approximate surface area is 137 Å². The van der Waals surface area contributed by atoms with Crippen LogP contribution >= 0.6 is 0 Å². The van der Waals surface area contributed by atoms with Gasteiger partial charge < -0.3 is 0 Å². The summed E-state index contributed by atoms with van der Waals surface area (Å²) < 4.78 is 0. The molecule has 122 valence electrons. The Kier molecular flexibility index (Phi) is 8.74. The third-order valence-corrected chi connectivity index (χ3v) is 6.61. The molecule has 0 rings (SSSR count). The third kappa shape index (κ3) is 6.03. The van der Waals surface area contributed by atoms with Gasteiger partial charge >= 0.3 is 0 Å². The van der Waals surface area contributed by atoms with Crippen LogP contribution in [-0.2, 0) is 0 Å². The second-order valence-corrected chi connectivity index (χ2v) is 8.64. The zero-order valence-corrected chi connectivity index (χ0v) is 16.5. The molecule has 2 radical (unpaired) electrons. The highest BCUT2D eigenvalue weighted by Gasteiger charge is 2.38. The topological polar surface area (TPSA) is 0 Å². The molecule has 2 heteroatoms. The van der Waals surface area contributed by atoms with Gasteiger partial charge in [-0.25, -0.2) is 0 Å². The van der Waals surface area contributed by atoms with Crippen LogP contribution in [0.2, 0.25) is 24.8 Å². The molecule has 0 fully saturated rings. The summed E-state index contributed by atoms with van der Waals surface area (Å²) in [6.45, 7) is 21.3. The Balaban J connectivity index is 4.47. The molecule has 0 aromatic carbocycles. The largest absolute Gasteiger partial charge is 0.114 e. The maximum Gasteiger partial charge on any atom is 0.114 e. The maximum absolute atomic E-state index is 2.50. The predicted octanol–water partition coefficient (Wildman–Crippen LogP) is 6.89. The Bertz CT molecular complexity index is 283. The minimum atomic E-state index is 0.336. The van der Waals surface area contributed by atoms with Crippen LogP contribution in [0.25, 0.3) is 0 Å². The molecule has 0 aliphatic rings. The zero-order valence-electron chi connectivity index (χ0n) is 16.5. The number of hydrogen-bond acceptors (Lipinski definition) is 0. The molecule has 0 aromatic heterocycles. The lowest BCUT2D eigenvalue weighted by Crippen LogP contribution is -2.33. The van der Waals surface area contributed by atoms with Gasteiger partial charge in [0.1, 0.15) is 14.6 Å². The minimum Gasteiger partial charge on any atom is -0.0917 e. The molecular weight excluding hydrogens is 250 g/mol. The van der Waals surface area contributed by atoms with Crippen LogP contribution in [0.5, 0.6) is 0 Å². The second-order valence-electron chi connectivity index (χ2n) is 8.64. The Morgan fingerprint density at radius 1 is 0.857 bits per heavy atom. The molecule has 0 N–H and O–H groups in total. The summed E-state index contributed by atoms with van der Waals surface area (Å²) in [4.78, 5) is 0. The highest BCUT2D eigenvalue weighted by molar-refractivity contribution is 6.38. The fraction of sp³-hybridized carbons (Fsp3) is 1.00. The van der Waals surface area contributed by atoms with E-state index in [0.29, 0.717) is 22.0 Å². The summed E-state index contributed by atoms with van der Waals surface area (Å²) in [6, 6.07) is 0. The van der Waals surface area contributed by atoms with E-state index in [4.69, 9.17) is 0 Å². The van der Waals surface area contributed by atoms with Crippen LogP contribution in [0.3, 0.4) is 0 Å². The molecule has 2 unspecified atom stereocenters. The number of rotatable bonds is 11. The lowest BCUT2D eigenvalue weighted by atomic mass is 9.43. The first-order valence-electron chi connectivity index (χ1n) is 9.16. The van der Waals surface area contributed by atoms with Crippen LogP contribution in [0, 0.1) is 10.8 Å². The summed E-state index contributed by atoms with van der Waals surface area (Å²) in [5, 5.41) is 0.336. The van der Waals surface area contributed by atoms with Crippen molar-refractivity contribution in [2.45, 2.75) is 112 Å². The van der Waals surface area contributed by atoms with Crippen molar-refractivity contribution in [3.05, 3.63) is 0 Å². The normalized spacial score (nSPS) is 17.2. The van der Waals surface area contributed by atoms with E-state index in [-0.39, 0.29) is 0 Å². The third-order valence-electron chi connectivity index (χ3n) is 6.61. The molecule has 0 saturated carbocycles. The van der Waals surface area contributed by atoms with Crippen molar-refractivity contribution in [1.82, 2.24) is 0 Å². The molecule has 0 saturated heterocycles. The van der Waals surface area contributed by atoms with Gasteiger partial charge in [-0.2, -0.15) is 0 Å². The summed E-state index contributed by atoms with van der Waals surface area (Å²) in [6.07, 6.45) is 8.07. The van der Waals surface area contributed by atoms with Crippen molar-refractivity contribution >= 4 is 14.6 Å². The van der Waals surface area contributed by atoms with Crippen molar-refractivity contribution in [2.24, 2.45) is 10.8 Å². The van der Waals surface area contributed by atoms with Gasteiger partial charge in [-0.3, -0.25) is 0 Å². The van der Waals surface area contributed by atoms with Crippen LogP contribution in [0.4, 0.5) is 0 Å². The minimum absolute atomic E-state index is 0.336. The molecule has 0 aromatic rings. The molecule has 0 heterocycles. The molecule has 2 atom stereocenters. The van der Waals surface area contributed by atoms with Crippen molar-refractivity contribution in [2.75, 3.05) is 0 Å². The molecule has 0 amide bonds. The summed E-state index contributed by atoms with van der Waals surface area (Å²) in [5.74, 6) is 0.708. The van der Waals surface area contributed by atoms with Gasteiger partial charge in [-0.1, -0.05) is 92.5 Å². The number of unbranched alkanes of at least 4 members (excludes halogenated alkanes) is 1. The summed E-state index contributed by atoms with van der Waals surface area (Å²) >= 11 is 0. The van der Waals surface area contributed by atoms with Gasteiger partial charge in [0, 0.05) is 0 Å². The van der Waals surface area contributed by atoms with Gasteiger partial charge in [-0.15, -0.1) is 0 Å². The van der Waals surface area contributed by atoms with E-state index >= 15 is 0 Å². The van der Waals surface area contributed by atoms with Gasteiger partial charge in [0.05, 0.1) is 0 Å². The summed E-state index contributed by atoms with van der Waals surface area (Å²) in [5.41, 5.74) is 0.894. The molecular formula is C19H40B2. The van der Waals surface area contributed by atoms with Crippen molar-refractivity contribution in [3.63, 3.8) is 0 Å². The van der Waals surface area contributed by atoms with Crippen LogP contribution in [0.15, 0.2) is 0 Å². The molecule has 0 nitrogen and oxygen atoms in total. The fourth-order valence-corrected chi connectivity index (χ4v) is 3.44. The molecule has 0 aliphatic carbocycles. The van der Waals surface area contributed by atoms with Crippen molar-refractivity contribution in [1.29, 1.82) is 0 Å². The SMILES string of the molecule is C[B]C(C)C(C)(C)CCCCC(C)(CCC)C(C)(C)[B]C. The summed E-state index contributed by atoms with van der Waals surface area (Å²) in [7, 11) is 4.77. The smallest absolute Gasteiger partial charge is 0.0917 e. The number of hydrogen-bond donors (Lipinski definition) is 0. The Morgan fingerprint density at radius 3 is 1.81 bits per heavy atom. The first-order chi connectivity index (χ1) is 9.56. The lowest BCUT2D eigenvalue weighted by Gasteiger charge is -2.45. The highest BCUT2D eigenvalue weighted by Crippen LogP contribution is 2.51. The van der Waals surface area contributed by atoms with Gasteiger partial charge in [0.2, 0.25) is 0 Å². The standard InChI is InChI=1S/C19H40B2/c1-10-13-19(7,18(5,6)21-9)15-12-11-14-17(3,4)16(2)20-8/h16H,10-15H2,1-9H3. The van der Waals surface area contributed by atoms with E-state index in [0.717, 1.165) is 0 Å². The first kappa shape index (κ1) is 21.1. The van der Waals surface area contributed by atoms with Crippen LogP contribution in [0.1, 0.15) is 87.0 Å². The van der Waals surface area contributed by atoms with E-state index in [1.165, 1.54) is 38.5 Å². The van der Waals surface area contributed by atoms with Crippen LogP contribution < -0.4 is 0 Å². The fourth-order valence-electron chi connectivity index (χ4n) is 3.44. The second kappa shape index (κ2) is 8.68.